The summed E-state index contributed by atoms with van der Waals surface area (Å²) in [7, 11) is 0. The van der Waals surface area contributed by atoms with E-state index >= 15 is 0 Å². The fraction of sp³-hybridized carbons (Fsp3) is 0.0526. The minimum absolute atomic E-state index is 0.816. The lowest BCUT2D eigenvalue weighted by molar-refractivity contribution is 1.41. The highest BCUT2D eigenvalue weighted by Gasteiger charge is 2.06. The third-order valence-corrected chi connectivity index (χ3v) is 3.45. The average molecular weight is 259 g/mol. The van der Waals surface area contributed by atoms with E-state index < -0.39 is 0 Å². The van der Waals surface area contributed by atoms with Crippen LogP contribution in [0.15, 0.2) is 78.9 Å². The van der Waals surface area contributed by atoms with Gasteiger partial charge >= 0.3 is 0 Å². The Balaban J connectivity index is 2.08. The molecule has 0 atom stereocenters. The molecular weight excluding hydrogens is 242 g/mol. The number of hydrogen-bond donors (Lipinski definition) is 1. The molecule has 0 amide bonds. The quantitative estimate of drug-likeness (QED) is 0.768. The van der Waals surface area contributed by atoms with Crippen molar-refractivity contribution in [3.05, 3.63) is 84.5 Å². The highest BCUT2D eigenvalue weighted by Crippen LogP contribution is 2.29. The zero-order chi connectivity index (χ0) is 13.8. The van der Waals surface area contributed by atoms with Crippen LogP contribution in [0.25, 0.3) is 16.7 Å². The number of nitrogen functional groups attached to an aromatic ring is 1. The first-order valence-corrected chi connectivity index (χ1v) is 6.83. The predicted molar refractivity (Wildman–Crippen MR) is 87.2 cm³/mol. The van der Waals surface area contributed by atoms with Gasteiger partial charge in [0.25, 0.3) is 0 Å². The Hall–Kier alpha value is -2.54. The van der Waals surface area contributed by atoms with Gasteiger partial charge in [-0.05, 0) is 35.3 Å². The smallest absolute Gasteiger partial charge is 0.0394 e. The molecule has 2 aromatic carbocycles. The molecule has 0 fully saturated rings. The molecule has 1 aliphatic rings. The van der Waals surface area contributed by atoms with Crippen LogP contribution in [0, 0.1) is 0 Å². The van der Waals surface area contributed by atoms with Crippen molar-refractivity contribution >= 4 is 11.3 Å². The fourth-order valence-electron chi connectivity index (χ4n) is 2.38. The first-order chi connectivity index (χ1) is 9.84. The third kappa shape index (κ3) is 2.57. The number of nitrogens with two attached hydrogens (primary N) is 1. The van der Waals surface area contributed by atoms with Crippen LogP contribution in [0.4, 0.5) is 5.69 Å². The molecule has 0 aromatic heterocycles. The molecule has 98 valence electrons. The molecule has 0 radical (unpaired) electrons. The second-order valence-corrected chi connectivity index (χ2v) is 4.86. The summed E-state index contributed by atoms with van der Waals surface area (Å²) in [4.78, 5) is 0. The molecule has 20 heavy (non-hydrogen) atoms. The number of hydrogen-bond acceptors (Lipinski definition) is 1. The zero-order valence-corrected chi connectivity index (χ0v) is 11.3. The van der Waals surface area contributed by atoms with Gasteiger partial charge < -0.3 is 5.73 Å². The Bertz CT molecular complexity index is 691. The average Bonchev–Trinajstić information content (AvgIpc) is 2.78. The summed E-state index contributed by atoms with van der Waals surface area (Å²) in [5.74, 6) is 0. The maximum absolute atomic E-state index is 6.15. The fourth-order valence-corrected chi connectivity index (χ4v) is 2.38. The van der Waals surface area contributed by atoms with Crippen LogP contribution in [0.1, 0.15) is 12.0 Å². The number of allylic oxidation sites excluding steroid dienone is 6. The molecule has 0 saturated heterocycles. The van der Waals surface area contributed by atoms with Gasteiger partial charge in [-0.1, -0.05) is 66.8 Å². The summed E-state index contributed by atoms with van der Waals surface area (Å²) in [5.41, 5.74) is 11.6. The molecule has 1 nitrogen and oxygen atoms in total. The van der Waals surface area contributed by atoms with E-state index in [0.29, 0.717) is 0 Å². The summed E-state index contributed by atoms with van der Waals surface area (Å²) in [6.07, 6.45) is 11.6. The lowest BCUT2D eigenvalue weighted by atomic mass is 9.97. The van der Waals surface area contributed by atoms with E-state index in [1.54, 1.807) is 0 Å². The Morgan fingerprint density at radius 3 is 2.55 bits per heavy atom. The van der Waals surface area contributed by atoms with E-state index in [4.69, 9.17) is 5.73 Å². The number of anilines is 1. The van der Waals surface area contributed by atoms with Crippen LogP contribution in [0.5, 0.6) is 0 Å². The lowest BCUT2D eigenvalue weighted by Crippen LogP contribution is -1.93. The molecule has 1 aliphatic carbocycles. The molecule has 2 aromatic rings. The monoisotopic (exact) mass is 259 g/mol. The van der Waals surface area contributed by atoms with Gasteiger partial charge in [-0.3, -0.25) is 0 Å². The molecule has 2 N–H and O–H groups in total. The topological polar surface area (TPSA) is 26.0 Å². The maximum Gasteiger partial charge on any atom is 0.0394 e. The standard InChI is InChI=1S/C19H17N/c20-19-13-12-17(15-8-6-3-7-9-15)14-18(19)16-10-4-1-2-5-11-16/h1,3-14H,2,20H2. The second kappa shape index (κ2) is 5.62. The SMILES string of the molecule is Nc1ccc(-c2ccccc2)cc1C1=CC=CCC=C1. The summed E-state index contributed by atoms with van der Waals surface area (Å²) in [5, 5.41) is 0. The van der Waals surface area contributed by atoms with Crippen LogP contribution in [0.3, 0.4) is 0 Å². The van der Waals surface area contributed by atoms with Crippen LogP contribution >= 0.6 is 0 Å². The largest absolute Gasteiger partial charge is 0.398 e. The molecule has 0 unspecified atom stereocenters. The third-order valence-electron chi connectivity index (χ3n) is 3.45. The van der Waals surface area contributed by atoms with Crippen LogP contribution < -0.4 is 5.73 Å². The first-order valence-electron chi connectivity index (χ1n) is 6.83. The molecule has 3 rings (SSSR count). The summed E-state index contributed by atoms with van der Waals surface area (Å²) in [6.45, 7) is 0. The zero-order valence-electron chi connectivity index (χ0n) is 11.3. The highest BCUT2D eigenvalue weighted by atomic mass is 14.6. The molecule has 0 heterocycles. The van der Waals surface area contributed by atoms with Gasteiger partial charge in [-0.15, -0.1) is 0 Å². The van der Waals surface area contributed by atoms with Crippen molar-refractivity contribution in [3.8, 4) is 11.1 Å². The van der Waals surface area contributed by atoms with Crippen LogP contribution in [-0.2, 0) is 0 Å². The minimum Gasteiger partial charge on any atom is -0.398 e. The van der Waals surface area contributed by atoms with Crippen molar-refractivity contribution in [3.63, 3.8) is 0 Å². The van der Waals surface area contributed by atoms with Gasteiger partial charge in [0.1, 0.15) is 0 Å². The number of rotatable bonds is 2. The van der Waals surface area contributed by atoms with Crippen molar-refractivity contribution < 1.29 is 0 Å². The maximum atomic E-state index is 6.15. The van der Waals surface area contributed by atoms with Crippen LogP contribution in [0.2, 0.25) is 0 Å². The Morgan fingerprint density at radius 2 is 1.70 bits per heavy atom. The Labute approximate surface area is 119 Å². The minimum atomic E-state index is 0.816. The summed E-state index contributed by atoms with van der Waals surface area (Å²) < 4.78 is 0. The van der Waals surface area contributed by atoms with Crippen molar-refractivity contribution in [2.24, 2.45) is 0 Å². The molecule has 0 bridgehead atoms. The van der Waals surface area contributed by atoms with Gasteiger partial charge in [0.2, 0.25) is 0 Å². The normalized spacial score (nSPS) is 13.9. The predicted octanol–water partition coefficient (Wildman–Crippen LogP) is 4.84. The Morgan fingerprint density at radius 1 is 0.850 bits per heavy atom. The van der Waals surface area contributed by atoms with E-state index in [-0.39, 0.29) is 0 Å². The Kier molecular flexibility index (Phi) is 3.51. The molecule has 0 spiro atoms. The van der Waals surface area contributed by atoms with E-state index in [2.05, 4.69) is 66.8 Å². The van der Waals surface area contributed by atoms with Crippen LogP contribution in [-0.4, -0.2) is 0 Å². The van der Waals surface area contributed by atoms with E-state index in [9.17, 15) is 0 Å². The first kappa shape index (κ1) is 12.5. The van der Waals surface area contributed by atoms with Gasteiger partial charge in [-0.25, -0.2) is 0 Å². The van der Waals surface area contributed by atoms with Crippen molar-refractivity contribution in [1.82, 2.24) is 0 Å². The lowest BCUT2D eigenvalue weighted by Gasteiger charge is -2.10. The summed E-state index contributed by atoms with van der Waals surface area (Å²) >= 11 is 0. The second-order valence-electron chi connectivity index (χ2n) is 4.86. The van der Waals surface area contributed by atoms with Gasteiger partial charge in [0.15, 0.2) is 0 Å². The van der Waals surface area contributed by atoms with Crippen molar-refractivity contribution in [2.45, 2.75) is 6.42 Å². The highest BCUT2D eigenvalue weighted by molar-refractivity contribution is 5.85. The van der Waals surface area contributed by atoms with E-state index in [0.717, 1.165) is 23.2 Å². The van der Waals surface area contributed by atoms with Crippen molar-refractivity contribution in [1.29, 1.82) is 0 Å². The molecule has 0 saturated carbocycles. The number of benzene rings is 2. The summed E-state index contributed by atoms with van der Waals surface area (Å²) in [6, 6.07) is 16.6. The molecular formula is C19H17N. The van der Waals surface area contributed by atoms with Crippen molar-refractivity contribution in [2.75, 3.05) is 5.73 Å². The van der Waals surface area contributed by atoms with Gasteiger partial charge in [0, 0.05) is 11.3 Å². The van der Waals surface area contributed by atoms with Gasteiger partial charge in [-0.2, -0.15) is 0 Å². The van der Waals surface area contributed by atoms with Gasteiger partial charge in [0.05, 0.1) is 0 Å². The van der Waals surface area contributed by atoms with E-state index in [1.807, 2.05) is 12.1 Å². The molecule has 1 heteroatoms. The van der Waals surface area contributed by atoms with E-state index in [1.165, 1.54) is 11.1 Å². The molecule has 0 aliphatic heterocycles.